The van der Waals surface area contributed by atoms with Gasteiger partial charge in [-0.3, -0.25) is 4.79 Å². The number of ether oxygens (including phenoxy) is 2. The van der Waals surface area contributed by atoms with Crippen LogP contribution in [0.3, 0.4) is 0 Å². The maximum atomic E-state index is 11.0. The largest absolute Gasteiger partial charge is 0.453 e. The number of carbonyl (C=O) groups excluding carboxylic acids is 2. The van der Waals surface area contributed by atoms with Crippen molar-refractivity contribution in [2.75, 3.05) is 13.2 Å². The first-order chi connectivity index (χ1) is 7.29. The molecule has 1 aromatic carbocycles. The molecule has 0 radical (unpaired) electrons. The lowest BCUT2D eigenvalue weighted by Crippen LogP contribution is -2.26. The van der Waals surface area contributed by atoms with Gasteiger partial charge in [0.05, 0.1) is 6.61 Å². The SMILES string of the molecule is O=Cc1cccc(C2COCC(=O)O2)c1. The molecule has 4 heteroatoms. The summed E-state index contributed by atoms with van der Waals surface area (Å²) < 4.78 is 10.2. The van der Waals surface area contributed by atoms with Gasteiger partial charge in [0.1, 0.15) is 12.9 Å². The Balaban J connectivity index is 2.20. The van der Waals surface area contributed by atoms with Gasteiger partial charge in [0.2, 0.25) is 0 Å². The Labute approximate surface area is 86.8 Å². The first-order valence-corrected chi connectivity index (χ1v) is 4.62. The molecular weight excluding hydrogens is 196 g/mol. The molecule has 1 aromatic rings. The van der Waals surface area contributed by atoms with Gasteiger partial charge in [0.15, 0.2) is 6.10 Å². The van der Waals surface area contributed by atoms with E-state index >= 15 is 0 Å². The van der Waals surface area contributed by atoms with Crippen molar-refractivity contribution in [3.63, 3.8) is 0 Å². The van der Waals surface area contributed by atoms with Crippen molar-refractivity contribution in [3.8, 4) is 0 Å². The van der Waals surface area contributed by atoms with Crippen LogP contribution in [0.4, 0.5) is 0 Å². The van der Waals surface area contributed by atoms with Crippen molar-refractivity contribution < 1.29 is 19.1 Å². The predicted molar refractivity (Wildman–Crippen MR) is 51.5 cm³/mol. The Morgan fingerprint density at radius 3 is 3.00 bits per heavy atom. The topological polar surface area (TPSA) is 52.6 Å². The average molecular weight is 206 g/mol. The molecule has 1 heterocycles. The zero-order chi connectivity index (χ0) is 10.7. The summed E-state index contributed by atoms with van der Waals surface area (Å²) in [5.41, 5.74) is 1.35. The fourth-order valence-electron chi connectivity index (χ4n) is 1.47. The van der Waals surface area contributed by atoms with Crippen molar-refractivity contribution in [2.45, 2.75) is 6.10 Å². The number of hydrogen-bond donors (Lipinski definition) is 0. The van der Waals surface area contributed by atoms with E-state index in [1.54, 1.807) is 24.3 Å². The van der Waals surface area contributed by atoms with E-state index in [1.807, 2.05) is 0 Å². The van der Waals surface area contributed by atoms with Crippen LogP contribution in [-0.4, -0.2) is 25.5 Å². The average Bonchev–Trinajstić information content (AvgIpc) is 2.29. The fraction of sp³-hybridized carbons (Fsp3) is 0.273. The molecular formula is C11H10O4. The molecule has 2 rings (SSSR count). The van der Waals surface area contributed by atoms with Gasteiger partial charge in [-0.1, -0.05) is 18.2 Å². The minimum Gasteiger partial charge on any atom is -0.453 e. The summed E-state index contributed by atoms with van der Waals surface area (Å²) in [7, 11) is 0. The van der Waals surface area contributed by atoms with Crippen LogP contribution in [-0.2, 0) is 14.3 Å². The Kier molecular flexibility index (Phi) is 2.78. The van der Waals surface area contributed by atoms with E-state index in [1.165, 1.54) is 0 Å². The molecule has 78 valence electrons. The second-order valence-corrected chi connectivity index (χ2v) is 3.28. The molecule has 0 N–H and O–H groups in total. The highest BCUT2D eigenvalue weighted by Crippen LogP contribution is 2.21. The molecule has 1 saturated heterocycles. The molecule has 4 nitrogen and oxygen atoms in total. The Morgan fingerprint density at radius 1 is 1.40 bits per heavy atom. The van der Waals surface area contributed by atoms with Gasteiger partial charge >= 0.3 is 5.97 Å². The predicted octanol–water partition coefficient (Wildman–Crippen LogP) is 1.11. The second kappa shape index (κ2) is 4.23. The van der Waals surface area contributed by atoms with Crippen molar-refractivity contribution in [1.82, 2.24) is 0 Å². The van der Waals surface area contributed by atoms with Crippen LogP contribution < -0.4 is 0 Å². The lowest BCUT2D eigenvalue weighted by atomic mass is 10.1. The summed E-state index contributed by atoms with van der Waals surface area (Å²) in [5, 5.41) is 0. The molecule has 1 fully saturated rings. The standard InChI is InChI=1S/C11H10O4/c12-5-8-2-1-3-9(4-8)10-6-14-7-11(13)15-10/h1-5,10H,6-7H2. The van der Waals surface area contributed by atoms with Gasteiger partial charge < -0.3 is 9.47 Å². The maximum absolute atomic E-state index is 11.0. The fourth-order valence-corrected chi connectivity index (χ4v) is 1.47. The van der Waals surface area contributed by atoms with E-state index in [2.05, 4.69) is 0 Å². The number of aldehydes is 1. The molecule has 1 aliphatic rings. The van der Waals surface area contributed by atoms with Crippen LogP contribution >= 0.6 is 0 Å². The third-order valence-corrected chi connectivity index (χ3v) is 2.18. The molecule has 0 amide bonds. The van der Waals surface area contributed by atoms with Crippen LogP contribution in [0.25, 0.3) is 0 Å². The lowest BCUT2D eigenvalue weighted by molar-refractivity contribution is -0.170. The number of rotatable bonds is 2. The van der Waals surface area contributed by atoms with Crippen LogP contribution in [0.1, 0.15) is 22.0 Å². The van der Waals surface area contributed by atoms with Crippen LogP contribution in [0.2, 0.25) is 0 Å². The second-order valence-electron chi connectivity index (χ2n) is 3.28. The molecule has 15 heavy (non-hydrogen) atoms. The van der Waals surface area contributed by atoms with Crippen molar-refractivity contribution >= 4 is 12.3 Å². The van der Waals surface area contributed by atoms with Gasteiger partial charge in [-0.2, -0.15) is 0 Å². The molecule has 0 saturated carbocycles. The van der Waals surface area contributed by atoms with Gasteiger partial charge in [-0.25, -0.2) is 4.79 Å². The Morgan fingerprint density at radius 2 is 2.27 bits per heavy atom. The van der Waals surface area contributed by atoms with Crippen LogP contribution in [0.5, 0.6) is 0 Å². The Bertz CT molecular complexity index is 386. The summed E-state index contributed by atoms with van der Waals surface area (Å²) >= 11 is 0. The van der Waals surface area contributed by atoms with Crippen molar-refractivity contribution in [1.29, 1.82) is 0 Å². The molecule has 1 unspecified atom stereocenters. The smallest absolute Gasteiger partial charge is 0.332 e. The highest BCUT2D eigenvalue weighted by molar-refractivity contribution is 5.75. The molecule has 1 atom stereocenters. The highest BCUT2D eigenvalue weighted by atomic mass is 16.6. The number of benzene rings is 1. The molecule has 0 aromatic heterocycles. The van der Waals surface area contributed by atoms with E-state index in [9.17, 15) is 9.59 Å². The highest BCUT2D eigenvalue weighted by Gasteiger charge is 2.22. The quantitative estimate of drug-likeness (QED) is 0.537. The number of carbonyl (C=O) groups is 2. The first kappa shape index (κ1) is 9.86. The Hall–Kier alpha value is -1.68. The van der Waals surface area contributed by atoms with Gasteiger partial charge in [0.25, 0.3) is 0 Å². The summed E-state index contributed by atoms with van der Waals surface area (Å²) in [6, 6.07) is 6.95. The van der Waals surface area contributed by atoms with Crippen LogP contribution in [0, 0.1) is 0 Å². The monoisotopic (exact) mass is 206 g/mol. The lowest BCUT2D eigenvalue weighted by Gasteiger charge is -2.22. The third-order valence-electron chi connectivity index (χ3n) is 2.18. The maximum Gasteiger partial charge on any atom is 0.332 e. The van der Waals surface area contributed by atoms with Crippen molar-refractivity contribution in [3.05, 3.63) is 35.4 Å². The molecule has 1 aliphatic heterocycles. The molecule has 0 bridgehead atoms. The number of hydrogen-bond acceptors (Lipinski definition) is 4. The normalized spacial score (nSPS) is 20.8. The summed E-state index contributed by atoms with van der Waals surface area (Å²) in [6.07, 6.45) is 0.362. The van der Waals surface area contributed by atoms with Crippen LogP contribution in [0.15, 0.2) is 24.3 Å². The first-order valence-electron chi connectivity index (χ1n) is 4.62. The van der Waals surface area contributed by atoms with E-state index in [0.29, 0.717) is 12.2 Å². The third kappa shape index (κ3) is 2.22. The van der Waals surface area contributed by atoms with E-state index in [0.717, 1.165) is 11.8 Å². The van der Waals surface area contributed by atoms with E-state index in [4.69, 9.17) is 9.47 Å². The minimum atomic E-state index is -0.397. The van der Waals surface area contributed by atoms with E-state index < -0.39 is 6.10 Å². The summed E-state index contributed by atoms with van der Waals surface area (Å²) in [4.78, 5) is 21.6. The number of esters is 1. The van der Waals surface area contributed by atoms with E-state index in [-0.39, 0.29) is 12.6 Å². The minimum absolute atomic E-state index is 0.00384. The molecule has 0 spiro atoms. The van der Waals surface area contributed by atoms with Crippen molar-refractivity contribution in [2.24, 2.45) is 0 Å². The van der Waals surface area contributed by atoms with Gasteiger partial charge in [-0.15, -0.1) is 0 Å². The van der Waals surface area contributed by atoms with Gasteiger partial charge in [-0.05, 0) is 11.6 Å². The zero-order valence-corrected chi connectivity index (χ0v) is 8.01. The number of cyclic esters (lactones) is 1. The van der Waals surface area contributed by atoms with Gasteiger partial charge in [0, 0.05) is 5.56 Å². The molecule has 0 aliphatic carbocycles. The summed E-state index contributed by atoms with van der Waals surface area (Å²) in [5.74, 6) is -0.372. The zero-order valence-electron chi connectivity index (χ0n) is 8.01. The summed E-state index contributed by atoms with van der Waals surface area (Å²) in [6.45, 7) is 0.345.